The fraction of sp³-hybridized carbons (Fsp3) is 0.188. The largest absolute Gasteiger partial charge is 0.508 e. The lowest BCUT2D eigenvalue weighted by Gasteiger charge is -2.12. The van der Waals surface area contributed by atoms with Gasteiger partial charge in [0.25, 0.3) is 0 Å². The molecule has 0 saturated carbocycles. The van der Waals surface area contributed by atoms with Gasteiger partial charge in [0.05, 0.1) is 5.56 Å². The van der Waals surface area contributed by atoms with Gasteiger partial charge in [-0.15, -0.1) is 0 Å². The van der Waals surface area contributed by atoms with Gasteiger partial charge in [-0.1, -0.05) is 26.0 Å². The van der Waals surface area contributed by atoms with Crippen LogP contribution in [-0.4, -0.2) is 10.1 Å². The molecule has 0 amide bonds. The zero-order valence-electron chi connectivity index (χ0n) is 11.5. The molecule has 0 aliphatic rings. The molecule has 5 heteroatoms. The second-order valence-corrected chi connectivity index (χ2v) is 5.13. The molecule has 3 rings (SSSR count). The Labute approximate surface area is 119 Å². The van der Waals surface area contributed by atoms with E-state index < -0.39 is 11.6 Å². The molecule has 0 saturated heterocycles. The number of phenols is 1. The van der Waals surface area contributed by atoms with Crippen molar-refractivity contribution in [1.29, 1.82) is 0 Å². The maximum atomic E-state index is 14.2. The van der Waals surface area contributed by atoms with E-state index in [1.807, 2.05) is 0 Å². The molecular weight excluding hydrogens is 276 g/mol. The van der Waals surface area contributed by atoms with Crippen LogP contribution in [0.1, 0.15) is 25.3 Å². The van der Waals surface area contributed by atoms with Crippen LogP contribution < -0.4 is 0 Å². The summed E-state index contributed by atoms with van der Waals surface area (Å²) in [5.41, 5.74) is 0.775. The van der Waals surface area contributed by atoms with Crippen molar-refractivity contribution >= 4 is 11.1 Å². The predicted molar refractivity (Wildman–Crippen MR) is 75.1 cm³/mol. The van der Waals surface area contributed by atoms with Crippen LogP contribution in [0, 0.1) is 11.6 Å². The molecule has 0 radical (unpaired) electrons. The van der Waals surface area contributed by atoms with E-state index >= 15 is 0 Å². The Balaban J connectivity index is 2.23. The predicted octanol–water partition coefficient (Wildman–Crippen LogP) is 4.60. The van der Waals surface area contributed by atoms with E-state index in [1.54, 1.807) is 38.1 Å². The summed E-state index contributed by atoms with van der Waals surface area (Å²) in [5.74, 6) is -2.83. The summed E-state index contributed by atoms with van der Waals surface area (Å²) in [4.78, 5) is 4.12. The van der Waals surface area contributed by atoms with E-state index in [2.05, 4.69) is 4.98 Å². The molecule has 0 unspecified atom stereocenters. The van der Waals surface area contributed by atoms with Gasteiger partial charge in [-0.2, -0.15) is 0 Å². The van der Waals surface area contributed by atoms with Gasteiger partial charge in [0, 0.05) is 5.56 Å². The summed E-state index contributed by atoms with van der Waals surface area (Å²) in [7, 11) is 0. The summed E-state index contributed by atoms with van der Waals surface area (Å²) in [6.07, 6.45) is 0. The molecule has 3 aromatic rings. The number of rotatable bonds is 2. The molecule has 0 atom stereocenters. The minimum absolute atomic E-state index is 0.0487. The Hall–Kier alpha value is -2.43. The van der Waals surface area contributed by atoms with Crippen molar-refractivity contribution in [3.05, 3.63) is 47.5 Å². The van der Waals surface area contributed by atoms with E-state index in [0.29, 0.717) is 11.1 Å². The van der Waals surface area contributed by atoms with Gasteiger partial charge in [-0.25, -0.2) is 13.8 Å². The van der Waals surface area contributed by atoms with Crippen molar-refractivity contribution in [3.8, 4) is 17.2 Å². The van der Waals surface area contributed by atoms with E-state index in [1.165, 1.54) is 0 Å². The highest BCUT2D eigenvalue weighted by molar-refractivity contribution is 5.76. The molecule has 21 heavy (non-hydrogen) atoms. The number of aromatic nitrogens is 1. The Morgan fingerprint density at radius 3 is 2.52 bits per heavy atom. The molecule has 0 aliphatic heterocycles. The van der Waals surface area contributed by atoms with E-state index in [0.717, 1.165) is 6.07 Å². The van der Waals surface area contributed by atoms with Gasteiger partial charge in [-0.05, 0) is 24.1 Å². The molecule has 3 nitrogen and oxygen atoms in total. The number of benzene rings is 2. The topological polar surface area (TPSA) is 46.3 Å². The van der Waals surface area contributed by atoms with Gasteiger partial charge in [0.1, 0.15) is 11.3 Å². The van der Waals surface area contributed by atoms with E-state index in [-0.39, 0.29) is 28.7 Å². The third-order valence-corrected chi connectivity index (χ3v) is 3.32. The third kappa shape index (κ3) is 2.14. The number of halogens is 2. The monoisotopic (exact) mass is 289 g/mol. The number of aromatic hydroxyl groups is 1. The number of hydrogen-bond donors (Lipinski definition) is 1. The molecular formula is C16H13F2NO2. The van der Waals surface area contributed by atoms with Crippen LogP contribution >= 0.6 is 0 Å². The van der Waals surface area contributed by atoms with Gasteiger partial charge in [-0.3, -0.25) is 0 Å². The summed E-state index contributed by atoms with van der Waals surface area (Å²) in [5, 5.41) is 9.93. The van der Waals surface area contributed by atoms with Gasteiger partial charge in [0.15, 0.2) is 17.2 Å². The second kappa shape index (κ2) is 4.84. The average molecular weight is 289 g/mol. The summed E-state index contributed by atoms with van der Waals surface area (Å²) in [6, 6.07) is 8.07. The SMILES string of the molecule is CC(C)c1c(O)cc(-c2nc3ccccc3o2)c(F)c1F. The highest BCUT2D eigenvalue weighted by Gasteiger charge is 2.23. The molecule has 1 heterocycles. The Morgan fingerprint density at radius 1 is 1.14 bits per heavy atom. The van der Waals surface area contributed by atoms with Crippen LogP contribution in [0.5, 0.6) is 5.75 Å². The first-order valence-electron chi connectivity index (χ1n) is 6.56. The van der Waals surface area contributed by atoms with Gasteiger partial charge >= 0.3 is 0 Å². The number of hydrogen-bond acceptors (Lipinski definition) is 3. The molecule has 2 aromatic carbocycles. The fourth-order valence-corrected chi connectivity index (χ4v) is 2.32. The van der Waals surface area contributed by atoms with Crippen molar-refractivity contribution in [2.75, 3.05) is 0 Å². The fourth-order valence-electron chi connectivity index (χ4n) is 2.32. The average Bonchev–Trinajstić information content (AvgIpc) is 2.86. The number of fused-ring (bicyclic) bond motifs is 1. The highest BCUT2D eigenvalue weighted by Crippen LogP contribution is 2.36. The third-order valence-electron chi connectivity index (χ3n) is 3.32. The molecule has 0 bridgehead atoms. The lowest BCUT2D eigenvalue weighted by Crippen LogP contribution is -2.00. The standard InChI is InChI=1S/C16H13F2NO2/c1-8(2)13-11(20)7-9(14(17)15(13)18)16-19-10-5-3-4-6-12(10)21-16/h3-8,20H,1-2H3. The highest BCUT2D eigenvalue weighted by atomic mass is 19.2. The molecule has 0 aliphatic carbocycles. The Bertz CT molecular complexity index is 792. The number of para-hydroxylation sites is 2. The van der Waals surface area contributed by atoms with E-state index in [9.17, 15) is 13.9 Å². The van der Waals surface area contributed by atoms with Crippen LogP contribution in [0.25, 0.3) is 22.6 Å². The van der Waals surface area contributed by atoms with Crippen LogP contribution in [-0.2, 0) is 0 Å². The maximum absolute atomic E-state index is 14.2. The second-order valence-electron chi connectivity index (χ2n) is 5.13. The van der Waals surface area contributed by atoms with Gasteiger partial charge in [0.2, 0.25) is 5.89 Å². The molecule has 1 N–H and O–H groups in total. The summed E-state index contributed by atoms with van der Waals surface area (Å²) >= 11 is 0. The normalized spacial score (nSPS) is 11.5. The molecule has 0 spiro atoms. The number of oxazole rings is 1. The molecule has 0 fully saturated rings. The summed E-state index contributed by atoms with van der Waals surface area (Å²) < 4.78 is 33.8. The first-order chi connectivity index (χ1) is 9.99. The lowest BCUT2D eigenvalue weighted by atomic mass is 9.99. The van der Waals surface area contributed by atoms with Crippen molar-refractivity contribution in [1.82, 2.24) is 4.98 Å². The van der Waals surface area contributed by atoms with Crippen LogP contribution in [0.2, 0.25) is 0 Å². The zero-order chi connectivity index (χ0) is 15.1. The zero-order valence-corrected chi connectivity index (χ0v) is 11.5. The number of phenolic OH excluding ortho intramolecular Hbond substituents is 1. The smallest absolute Gasteiger partial charge is 0.230 e. The van der Waals surface area contributed by atoms with Crippen LogP contribution in [0.15, 0.2) is 34.7 Å². The number of nitrogens with zero attached hydrogens (tertiary/aromatic N) is 1. The quantitative estimate of drug-likeness (QED) is 0.749. The van der Waals surface area contributed by atoms with E-state index in [4.69, 9.17) is 4.42 Å². The van der Waals surface area contributed by atoms with Crippen molar-refractivity contribution in [2.45, 2.75) is 19.8 Å². The first-order valence-corrected chi connectivity index (χ1v) is 6.56. The summed E-state index contributed by atoms with van der Waals surface area (Å²) in [6.45, 7) is 3.35. The van der Waals surface area contributed by atoms with Crippen molar-refractivity contribution in [2.24, 2.45) is 0 Å². The minimum atomic E-state index is -1.07. The Morgan fingerprint density at radius 2 is 1.86 bits per heavy atom. The Kier molecular flexibility index (Phi) is 3.12. The van der Waals surface area contributed by atoms with Crippen LogP contribution in [0.4, 0.5) is 8.78 Å². The van der Waals surface area contributed by atoms with Crippen LogP contribution in [0.3, 0.4) is 0 Å². The minimum Gasteiger partial charge on any atom is -0.508 e. The molecule has 1 aromatic heterocycles. The lowest BCUT2D eigenvalue weighted by molar-refractivity contribution is 0.435. The van der Waals surface area contributed by atoms with Gasteiger partial charge < -0.3 is 9.52 Å². The molecule has 108 valence electrons. The van der Waals surface area contributed by atoms with Crippen molar-refractivity contribution < 1.29 is 18.3 Å². The maximum Gasteiger partial charge on any atom is 0.230 e. The first kappa shape index (κ1) is 13.5. The van der Waals surface area contributed by atoms with Crippen molar-refractivity contribution in [3.63, 3.8) is 0 Å².